The number of aromatic nitrogens is 2. The van der Waals surface area contributed by atoms with E-state index in [0.717, 1.165) is 43.7 Å². The first-order valence-electron chi connectivity index (χ1n) is 10.2. The number of carbonyl (C=O) groups excluding carboxylic acids is 1. The van der Waals surface area contributed by atoms with Gasteiger partial charge in [-0.1, -0.05) is 18.1 Å². The van der Waals surface area contributed by atoms with Crippen molar-refractivity contribution < 1.29 is 13.9 Å². The first-order chi connectivity index (χ1) is 14.7. The van der Waals surface area contributed by atoms with Crippen LogP contribution in [-0.4, -0.2) is 36.3 Å². The fraction of sp³-hybridized carbons (Fsp3) is 0.409. The third kappa shape index (κ3) is 4.48. The number of thiophene rings is 1. The molecule has 0 bridgehead atoms. The molecule has 1 N–H and O–H groups in total. The highest BCUT2D eigenvalue weighted by molar-refractivity contribution is 7.10. The Bertz CT molecular complexity index is 947. The number of ether oxygens (including phenoxy) is 1. The van der Waals surface area contributed by atoms with E-state index in [4.69, 9.17) is 9.15 Å². The number of methoxy groups -OCH3 is 1. The van der Waals surface area contributed by atoms with E-state index in [0.29, 0.717) is 11.9 Å². The third-order valence-corrected chi connectivity index (χ3v) is 6.48. The molecule has 1 fully saturated rings. The highest BCUT2D eigenvalue weighted by Crippen LogP contribution is 2.28. The summed E-state index contributed by atoms with van der Waals surface area (Å²) in [7, 11) is 1.63. The van der Waals surface area contributed by atoms with Crippen molar-refractivity contribution in [1.82, 2.24) is 15.5 Å². The minimum atomic E-state index is 0.0132. The smallest absolute Gasteiger partial charge is 0.318 e. The molecule has 3 aromatic rings. The van der Waals surface area contributed by atoms with Gasteiger partial charge in [-0.25, -0.2) is 0 Å². The number of hydrogen-bond acceptors (Lipinski definition) is 7. The molecular weight excluding hydrogens is 400 g/mol. The van der Waals surface area contributed by atoms with Crippen LogP contribution in [0.3, 0.4) is 0 Å². The number of benzene rings is 1. The van der Waals surface area contributed by atoms with Crippen LogP contribution in [0.2, 0.25) is 0 Å². The zero-order valence-electron chi connectivity index (χ0n) is 17.2. The normalized spacial score (nSPS) is 15.7. The molecule has 30 heavy (non-hydrogen) atoms. The van der Waals surface area contributed by atoms with E-state index < -0.39 is 0 Å². The van der Waals surface area contributed by atoms with Crippen molar-refractivity contribution in [2.75, 3.05) is 25.1 Å². The fourth-order valence-corrected chi connectivity index (χ4v) is 4.54. The summed E-state index contributed by atoms with van der Waals surface area (Å²) < 4.78 is 11.1. The molecule has 0 unspecified atom stereocenters. The number of amides is 1. The minimum absolute atomic E-state index is 0.0132. The van der Waals surface area contributed by atoms with Crippen molar-refractivity contribution in [2.45, 2.75) is 32.2 Å². The van der Waals surface area contributed by atoms with Gasteiger partial charge in [-0.05, 0) is 55.0 Å². The Balaban J connectivity index is 1.33. The van der Waals surface area contributed by atoms with Crippen LogP contribution in [0, 0.1) is 5.92 Å². The van der Waals surface area contributed by atoms with Crippen LogP contribution >= 0.6 is 11.3 Å². The Labute approximate surface area is 180 Å². The molecule has 1 aliphatic rings. The molecule has 0 saturated carbocycles. The molecule has 8 heteroatoms. The minimum Gasteiger partial charge on any atom is -0.497 e. The monoisotopic (exact) mass is 426 g/mol. The summed E-state index contributed by atoms with van der Waals surface area (Å²) in [6, 6.07) is 12.2. The lowest BCUT2D eigenvalue weighted by Crippen LogP contribution is -2.41. The maximum absolute atomic E-state index is 12.8. The van der Waals surface area contributed by atoms with Gasteiger partial charge in [-0.3, -0.25) is 4.79 Å². The molecule has 2 aromatic heterocycles. The Morgan fingerprint density at radius 3 is 2.67 bits per heavy atom. The van der Waals surface area contributed by atoms with Gasteiger partial charge in [-0.15, -0.1) is 16.4 Å². The van der Waals surface area contributed by atoms with Gasteiger partial charge in [0.2, 0.25) is 11.8 Å². The summed E-state index contributed by atoms with van der Waals surface area (Å²) in [4.78, 5) is 16.0. The second kappa shape index (κ2) is 9.30. The van der Waals surface area contributed by atoms with E-state index in [1.165, 1.54) is 4.88 Å². The molecular formula is C22H26N4O3S. The van der Waals surface area contributed by atoms with Crippen LogP contribution in [0.5, 0.6) is 5.75 Å². The number of carbonyl (C=O) groups is 1. The van der Waals surface area contributed by atoms with Gasteiger partial charge in [0.15, 0.2) is 0 Å². The molecule has 3 heterocycles. The molecule has 1 atom stereocenters. The number of hydrogen-bond donors (Lipinski definition) is 1. The first kappa shape index (κ1) is 20.4. The summed E-state index contributed by atoms with van der Waals surface area (Å²) in [6.45, 7) is 3.54. The molecule has 0 aliphatic carbocycles. The van der Waals surface area contributed by atoms with Crippen LogP contribution < -0.4 is 15.0 Å². The number of rotatable bonds is 7. The molecule has 4 rings (SSSR count). The number of nitrogens with zero attached hydrogens (tertiary/aromatic N) is 3. The van der Waals surface area contributed by atoms with Crippen LogP contribution in [-0.2, 0) is 4.79 Å². The summed E-state index contributed by atoms with van der Waals surface area (Å²) >= 11 is 1.69. The molecule has 0 spiro atoms. The third-order valence-electron chi connectivity index (χ3n) is 5.50. The van der Waals surface area contributed by atoms with E-state index in [1.54, 1.807) is 18.4 Å². The summed E-state index contributed by atoms with van der Waals surface area (Å²) in [5, 5.41) is 13.6. The van der Waals surface area contributed by atoms with Crippen molar-refractivity contribution in [1.29, 1.82) is 0 Å². The van der Waals surface area contributed by atoms with Gasteiger partial charge in [0, 0.05) is 29.4 Å². The quantitative estimate of drug-likeness (QED) is 0.607. The van der Waals surface area contributed by atoms with Crippen molar-refractivity contribution in [3.63, 3.8) is 0 Å². The van der Waals surface area contributed by atoms with Crippen LogP contribution in [0.1, 0.15) is 37.1 Å². The Morgan fingerprint density at radius 1 is 1.27 bits per heavy atom. The lowest BCUT2D eigenvalue weighted by Gasteiger charge is -2.30. The van der Waals surface area contributed by atoms with Gasteiger partial charge in [0.25, 0.3) is 0 Å². The standard InChI is InChI=1S/C22H26N4O3S/c1-3-18(19-5-4-14-30-19)23-20(27)15-10-12-26(13-11-15)22-25-24-21(29-22)16-6-8-17(28-2)9-7-16/h4-9,14-15,18H,3,10-13H2,1-2H3,(H,23,27)/t18-/m0/s1. The van der Waals surface area contributed by atoms with E-state index in [-0.39, 0.29) is 17.9 Å². The maximum atomic E-state index is 12.8. The number of anilines is 1. The molecule has 7 nitrogen and oxygen atoms in total. The van der Waals surface area contributed by atoms with Gasteiger partial charge in [0.1, 0.15) is 5.75 Å². The average Bonchev–Trinajstić information content (AvgIpc) is 3.50. The van der Waals surface area contributed by atoms with Crippen LogP contribution in [0.15, 0.2) is 46.2 Å². The zero-order valence-corrected chi connectivity index (χ0v) is 18.0. The second-order valence-electron chi connectivity index (χ2n) is 7.36. The Hall–Kier alpha value is -2.87. The Kier molecular flexibility index (Phi) is 6.32. The number of piperidine rings is 1. The Morgan fingerprint density at radius 2 is 2.03 bits per heavy atom. The van der Waals surface area contributed by atoms with E-state index in [9.17, 15) is 4.79 Å². The molecule has 1 aliphatic heterocycles. The fourth-order valence-electron chi connectivity index (χ4n) is 3.68. The molecule has 1 amide bonds. The first-order valence-corrected chi connectivity index (χ1v) is 11.1. The van der Waals surface area contributed by atoms with Gasteiger partial charge >= 0.3 is 6.01 Å². The average molecular weight is 427 g/mol. The van der Waals surface area contributed by atoms with E-state index in [2.05, 4.69) is 33.4 Å². The topological polar surface area (TPSA) is 80.5 Å². The predicted molar refractivity (Wildman–Crippen MR) is 117 cm³/mol. The SMILES string of the molecule is CC[C@H](NC(=O)C1CCN(c2nnc(-c3ccc(OC)cc3)o2)CC1)c1cccs1. The van der Waals surface area contributed by atoms with Crippen molar-refractivity contribution >= 4 is 23.3 Å². The second-order valence-corrected chi connectivity index (χ2v) is 8.34. The summed E-state index contributed by atoms with van der Waals surface area (Å²) in [5.74, 6) is 1.41. The van der Waals surface area contributed by atoms with Crippen molar-refractivity contribution in [3.8, 4) is 17.2 Å². The number of nitrogens with one attached hydrogen (secondary N) is 1. The van der Waals surface area contributed by atoms with E-state index in [1.807, 2.05) is 35.7 Å². The van der Waals surface area contributed by atoms with Gasteiger partial charge in [-0.2, -0.15) is 0 Å². The van der Waals surface area contributed by atoms with Crippen molar-refractivity contribution in [3.05, 3.63) is 46.7 Å². The van der Waals surface area contributed by atoms with Gasteiger partial charge < -0.3 is 19.4 Å². The van der Waals surface area contributed by atoms with E-state index >= 15 is 0 Å². The maximum Gasteiger partial charge on any atom is 0.318 e. The van der Waals surface area contributed by atoms with Crippen LogP contribution in [0.4, 0.5) is 6.01 Å². The summed E-state index contributed by atoms with van der Waals surface area (Å²) in [6.07, 6.45) is 2.43. The van der Waals surface area contributed by atoms with Crippen LogP contribution in [0.25, 0.3) is 11.5 Å². The molecule has 1 aromatic carbocycles. The molecule has 1 saturated heterocycles. The zero-order chi connectivity index (χ0) is 20.9. The lowest BCUT2D eigenvalue weighted by atomic mass is 9.95. The van der Waals surface area contributed by atoms with Crippen molar-refractivity contribution in [2.24, 2.45) is 5.92 Å². The molecule has 0 radical (unpaired) electrons. The summed E-state index contributed by atoms with van der Waals surface area (Å²) in [5.41, 5.74) is 0.850. The predicted octanol–water partition coefficient (Wildman–Crippen LogP) is 4.29. The highest BCUT2D eigenvalue weighted by Gasteiger charge is 2.28. The molecule has 158 valence electrons. The highest BCUT2D eigenvalue weighted by atomic mass is 32.1. The lowest BCUT2D eigenvalue weighted by molar-refractivity contribution is -0.126. The van der Waals surface area contributed by atoms with Gasteiger partial charge in [0.05, 0.1) is 13.2 Å². The largest absolute Gasteiger partial charge is 0.497 e.